The second-order valence-electron chi connectivity index (χ2n) is 7.89. The van der Waals surface area contributed by atoms with Crippen molar-refractivity contribution >= 4 is 15.9 Å². The quantitative estimate of drug-likeness (QED) is 0.791. The molecule has 27 heavy (non-hydrogen) atoms. The van der Waals surface area contributed by atoms with Crippen LogP contribution < -0.4 is 0 Å². The molecule has 2 heterocycles. The Labute approximate surface area is 163 Å². The van der Waals surface area contributed by atoms with Crippen LogP contribution in [0.1, 0.15) is 48.5 Å². The number of benzene rings is 1. The molecular formula is C20H31N3O3S. The number of sulfonamides is 1. The molecule has 1 atom stereocenters. The van der Waals surface area contributed by atoms with Gasteiger partial charge in [0.05, 0.1) is 4.90 Å². The molecule has 2 aliphatic rings. The Bertz CT molecular complexity index is 794. The van der Waals surface area contributed by atoms with E-state index in [-0.39, 0.29) is 16.8 Å². The van der Waals surface area contributed by atoms with Crippen LogP contribution >= 0.6 is 0 Å². The maximum atomic E-state index is 13.2. The zero-order valence-electron chi connectivity index (χ0n) is 16.6. The molecule has 7 heteroatoms. The first kappa shape index (κ1) is 20.3. The van der Waals surface area contributed by atoms with Crippen LogP contribution in [0.15, 0.2) is 23.1 Å². The highest BCUT2D eigenvalue weighted by molar-refractivity contribution is 7.89. The van der Waals surface area contributed by atoms with Gasteiger partial charge in [0.25, 0.3) is 5.91 Å². The zero-order chi connectivity index (χ0) is 19.6. The van der Waals surface area contributed by atoms with Gasteiger partial charge in [-0.05, 0) is 64.4 Å². The van der Waals surface area contributed by atoms with Crippen molar-refractivity contribution in [1.82, 2.24) is 14.1 Å². The molecule has 0 saturated carbocycles. The van der Waals surface area contributed by atoms with Crippen LogP contribution in [-0.2, 0) is 10.0 Å². The Hall–Kier alpha value is -1.44. The van der Waals surface area contributed by atoms with Crippen LogP contribution in [0.3, 0.4) is 0 Å². The van der Waals surface area contributed by atoms with Gasteiger partial charge in [0.2, 0.25) is 10.0 Å². The largest absolute Gasteiger partial charge is 0.337 e. The topological polar surface area (TPSA) is 60.9 Å². The molecule has 1 aromatic rings. The van der Waals surface area contributed by atoms with Crippen LogP contribution in [0, 0.1) is 6.92 Å². The molecule has 1 amide bonds. The van der Waals surface area contributed by atoms with Crippen molar-refractivity contribution in [2.75, 3.05) is 39.8 Å². The van der Waals surface area contributed by atoms with Crippen LogP contribution in [0.4, 0.5) is 0 Å². The van der Waals surface area contributed by atoms with Crippen molar-refractivity contribution in [2.24, 2.45) is 0 Å². The number of nitrogens with zero attached hydrogens (tertiary/aromatic N) is 3. The van der Waals surface area contributed by atoms with Crippen LogP contribution in [0.2, 0.25) is 0 Å². The Morgan fingerprint density at radius 3 is 2.56 bits per heavy atom. The number of carbonyl (C=O) groups excluding carboxylic acids is 1. The summed E-state index contributed by atoms with van der Waals surface area (Å²) in [5, 5.41) is 0. The predicted molar refractivity (Wildman–Crippen MR) is 106 cm³/mol. The average Bonchev–Trinajstić information content (AvgIpc) is 2.86. The third-order valence-electron chi connectivity index (χ3n) is 5.79. The Morgan fingerprint density at radius 1 is 1.04 bits per heavy atom. The van der Waals surface area contributed by atoms with E-state index in [0.717, 1.165) is 44.3 Å². The van der Waals surface area contributed by atoms with E-state index in [1.165, 1.54) is 0 Å². The third kappa shape index (κ3) is 4.36. The van der Waals surface area contributed by atoms with E-state index >= 15 is 0 Å². The summed E-state index contributed by atoms with van der Waals surface area (Å²) in [5.74, 6) is -0.0634. The number of hydrogen-bond acceptors (Lipinski definition) is 4. The lowest BCUT2D eigenvalue weighted by molar-refractivity contribution is 0.0762. The van der Waals surface area contributed by atoms with Gasteiger partial charge in [0.15, 0.2) is 0 Å². The Balaban J connectivity index is 1.88. The van der Waals surface area contributed by atoms with E-state index in [9.17, 15) is 13.2 Å². The number of carbonyl (C=O) groups is 1. The maximum absolute atomic E-state index is 13.2. The molecular weight excluding hydrogens is 362 g/mol. The second-order valence-corrected chi connectivity index (χ2v) is 9.78. The fraction of sp³-hybridized carbons (Fsp3) is 0.650. The van der Waals surface area contributed by atoms with E-state index in [0.29, 0.717) is 25.2 Å². The first-order chi connectivity index (χ1) is 12.8. The van der Waals surface area contributed by atoms with Gasteiger partial charge in [0, 0.05) is 37.8 Å². The molecule has 1 unspecified atom stereocenters. The second kappa shape index (κ2) is 8.29. The first-order valence-corrected chi connectivity index (χ1v) is 11.3. The molecule has 0 bridgehead atoms. The maximum Gasteiger partial charge on any atom is 0.254 e. The van der Waals surface area contributed by atoms with E-state index < -0.39 is 10.0 Å². The van der Waals surface area contributed by atoms with Crippen LogP contribution in [0.25, 0.3) is 0 Å². The lowest BCUT2D eigenvalue weighted by Crippen LogP contribution is -2.42. The van der Waals surface area contributed by atoms with Gasteiger partial charge < -0.3 is 9.80 Å². The van der Waals surface area contributed by atoms with Gasteiger partial charge in [-0.3, -0.25) is 4.79 Å². The van der Waals surface area contributed by atoms with Crippen molar-refractivity contribution in [3.63, 3.8) is 0 Å². The average molecular weight is 394 g/mol. The SMILES string of the molecule is Cc1ccc(S(=O)(=O)N2CCCCC2C)cc1C(=O)N1CCCN(C)CC1. The Kier molecular flexibility index (Phi) is 6.23. The van der Waals surface area contributed by atoms with Gasteiger partial charge >= 0.3 is 0 Å². The highest BCUT2D eigenvalue weighted by Gasteiger charge is 2.32. The predicted octanol–water partition coefficient (Wildman–Crippen LogP) is 2.34. The fourth-order valence-corrected chi connectivity index (χ4v) is 5.70. The van der Waals surface area contributed by atoms with Crippen LogP contribution in [-0.4, -0.2) is 74.2 Å². The van der Waals surface area contributed by atoms with Gasteiger partial charge in [-0.25, -0.2) is 8.42 Å². The molecule has 0 aliphatic carbocycles. The van der Waals surface area contributed by atoms with E-state index in [1.54, 1.807) is 22.5 Å². The summed E-state index contributed by atoms with van der Waals surface area (Å²) in [6.07, 6.45) is 3.78. The van der Waals surface area contributed by atoms with E-state index in [1.807, 2.05) is 18.7 Å². The summed E-state index contributed by atoms with van der Waals surface area (Å²) in [5.41, 5.74) is 1.33. The lowest BCUT2D eigenvalue weighted by Gasteiger charge is -2.32. The molecule has 0 spiro atoms. The number of hydrogen-bond donors (Lipinski definition) is 0. The van der Waals surface area contributed by atoms with Crippen molar-refractivity contribution < 1.29 is 13.2 Å². The highest BCUT2D eigenvalue weighted by Crippen LogP contribution is 2.27. The van der Waals surface area contributed by atoms with Crippen molar-refractivity contribution in [3.8, 4) is 0 Å². The molecule has 6 nitrogen and oxygen atoms in total. The Morgan fingerprint density at radius 2 is 1.81 bits per heavy atom. The smallest absolute Gasteiger partial charge is 0.254 e. The summed E-state index contributed by atoms with van der Waals surface area (Å²) in [7, 11) is -1.51. The molecule has 2 aliphatic heterocycles. The highest BCUT2D eigenvalue weighted by atomic mass is 32.2. The lowest BCUT2D eigenvalue weighted by atomic mass is 10.1. The van der Waals surface area contributed by atoms with Crippen molar-refractivity contribution in [3.05, 3.63) is 29.3 Å². The number of rotatable bonds is 3. The minimum atomic E-state index is -3.58. The summed E-state index contributed by atoms with van der Waals surface area (Å²) in [6, 6.07) is 4.99. The monoisotopic (exact) mass is 393 g/mol. The van der Waals surface area contributed by atoms with Gasteiger partial charge in [-0.1, -0.05) is 12.5 Å². The summed E-state index contributed by atoms with van der Waals surface area (Å²) in [6.45, 7) is 7.59. The number of likely N-dealkylation sites (N-methyl/N-ethyl adjacent to an activating group) is 1. The normalized spacial score (nSPS) is 23.2. The van der Waals surface area contributed by atoms with Crippen molar-refractivity contribution in [2.45, 2.75) is 50.5 Å². The number of amides is 1. The number of aryl methyl sites for hydroxylation is 1. The molecule has 2 saturated heterocycles. The zero-order valence-corrected chi connectivity index (χ0v) is 17.5. The number of piperidine rings is 1. The molecule has 0 radical (unpaired) electrons. The fourth-order valence-electron chi connectivity index (χ4n) is 3.98. The molecule has 2 fully saturated rings. The van der Waals surface area contributed by atoms with E-state index in [2.05, 4.69) is 11.9 Å². The summed E-state index contributed by atoms with van der Waals surface area (Å²) in [4.78, 5) is 17.4. The molecule has 0 aromatic heterocycles. The standard InChI is InChI=1S/C20H31N3O3S/c1-16-8-9-18(27(25,26)23-12-5-4-7-17(23)2)15-19(16)20(24)22-11-6-10-21(3)13-14-22/h8-9,15,17H,4-7,10-14H2,1-3H3. The minimum Gasteiger partial charge on any atom is -0.337 e. The molecule has 0 N–H and O–H groups in total. The van der Waals surface area contributed by atoms with Gasteiger partial charge in [-0.15, -0.1) is 0 Å². The van der Waals surface area contributed by atoms with Gasteiger partial charge in [0.1, 0.15) is 0 Å². The van der Waals surface area contributed by atoms with Crippen LogP contribution in [0.5, 0.6) is 0 Å². The van der Waals surface area contributed by atoms with E-state index in [4.69, 9.17) is 0 Å². The summed E-state index contributed by atoms with van der Waals surface area (Å²) >= 11 is 0. The molecule has 3 rings (SSSR count). The third-order valence-corrected chi connectivity index (χ3v) is 7.80. The molecule has 150 valence electrons. The van der Waals surface area contributed by atoms with Crippen molar-refractivity contribution in [1.29, 1.82) is 0 Å². The van der Waals surface area contributed by atoms with Gasteiger partial charge in [-0.2, -0.15) is 4.31 Å². The first-order valence-electron chi connectivity index (χ1n) is 9.91. The minimum absolute atomic E-state index is 0.00495. The summed E-state index contributed by atoms with van der Waals surface area (Å²) < 4.78 is 27.9. The molecule has 1 aromatic carbocycles.